The van der Waals surface area contributed by atoms with Gasteiger partial charge in [-0.3, -0.25) is 4.57 Å². The third kappa shape index (κ3) is 3.85. The molecule has 0 fully saturated rings. The van der Waals surface area contributed by atoms with Gasteiger partial charge in [0.25, 0.3) is 0 Å². The van der Waals surface area contributed by atoms with Crippen molar-refractivity contribution in [2.24, 2.45) is 0 Å². The van der Waals surface area contributed by atoms with Gasteiger partial charge < -0.3 is 14.2 Å². The van der Waals surface area contributed by atoms with E-state index >= 15 is 0 Å². The second-order valence-corrected chi connectivity index (χ2v) is 8.71. The van der Waals surface area contributed by atoms with Crippen LogP contribution in [0.25, 0.3) is 11.3 Å². The van der Waals surface area contributed by atoms with E-state index < -0.39 is 0 Å². The third-order valence-electron chi connectivity index (χ3n) is 6.00. The molecule has 32 heavy (non-hydrogen) atoms. The summed E-state index contributed by atoms with van der Waals surface area (Å²) < 4.78 is 19.0. The van der Waals surface area contributed by atoms with Gasteiger partial charge in [0, 0.05) is 18.2 Å². The van der Waals surface area contributed by atoms with Gasteiger partial charge in [0.2, 0.25) is 5.88 Å². The van der Waals surface area contributed by atoms with Crippen LogP contribution in [-0.4, -0.2) is 23.8 Å². The van der Waals surface area contributed by atoms with Crippen molar-refractivity contribution in [1.29, 1.82) is 0 Å². The van der Waals surface area contributed by atoms with E-state index in [2.05, 4.69) is 50.9 Å². The van der Waals surface area contributed by atoms with Crippen molar-refractivity contribution in [2.75, 3.05) is 14.2 Å². The van der Waals surface area contributed by atoms with Gasteiger partial charge >= 0.3 is 5.69 Å². The van der Waals surface area contributed by atoms with Crippen LogP contribution in [0.3, 0.4) is 0 Å². The first-order valence-corrected chi connectivity index (χ1v) is 11.0. The Hall–Kier alpha value is -3.28. The fourth-order valence-electron chi connectivity index (χ4n) is 4.28. The molecule has 2 aromatic carbocycles. The molecule has 0 amide bonds. The maximum absolute atomic E-state index is 12.9. The molecule has 168 valence electrons. The van der Waals surface area contributed by atoms with Gasteiger partial charge in [0.1, 0.15) is 5.75 Å². The summed E-state index contributed by atoms with van der Waals surface area (Å²) in [6, 6.07) is 12.0. The van der Waals surface area contributed by atoms with E-state index in [1.165, 1.54) is 0 Å². The standard InChI is InChI=1S/C26H30N2O4/c1-15(2)18-8-7-9-19(16(3)4)25(18)32-24-14-21-20-13-23(31-6)22(30-5)12-17(20)10-11-28(21)26(29)27-24/h7-9,12-16H,10-11H2,1-6H3. The second kappa shape index (κ2) is 8.69. The lowest BCUT2D eigenvalue weighted by Gasteiger charge is -2.24. The first-order chi connectivity index (χ1) is 15.3. The van der Waals surface area contributed by atoms with Crippen molar-refractivity contribution < 1.29 is 14.2 Å². The van der Waals surface area contributed by atoms with E-state index in [0.717, 1.165) is 40.1 Å². The number of aromatic nitrogens is 2. The Morgan fingerprint density at radius 2 is 1.56 bits per heavy atom. The van der Waals surface area contributed by atoms with Crippen molar-refractivity contribution in [2.45, 2.75) is 52.5 Å². The highest BCUT2D eigenvalue weighted by Gasteiger charge is 2.23. The van der Waals surface area contributed by atoms with Gasteiger partial charge in [-0.1, -0.05) is 45.9 Å². The smallest absolute Gasteiger partial charge is 0.351 e. The molecule has 0 radical (unpaired) electrons. The predicted octanol–water partition coefficient (Wildman–Crippen LogP) is 5.52. The monoisotopic (exact) mass is 434 g/mol. The van der Waals surface area contributed by atoms with Gasteiger partial charge in [-0.2, -0.15) is 4.98 Å². The first-order valence-electron chi connectivity index (χ1n) is 11.0. The minimum atomic E-state index is -0.314. The quantitative estimate of drug-likeness (QED) is 0.511. The number of rotatable bonds is 6. The highest BCUT2D eigenvalue weighted by Crippen LogP contribution is 2.40. The van der Waals surface area contributed by atoms with Gasteiger partial charge in [0.15, 0.2) is 11.5 Å². The first kappa shape index (κ1) is 21.9. The van der Waals surface area contributed by atoms with Crippen LogP contribution in [0.5, 0.6) is 23.1 Å². The van der Waals surface area contributed by atoms with Crippen LogP contribution in [0.2, 0.25) is 0 Å². The Labute approximate surface area is 188 Å². The van der Waals surface area contributed by atoms with Crippen LogP contribution < -0.4 is 19.9 Å². The summed E-state index contributed by atoms with van der Waals surface area (Å²) in [5.74, 6) is 2.95. The van der Waals surface area contributed by atoms with E-state index in [1.54, 1.807) is 18.8 Å². The average Bonchev–Trinajstić information content (AvgIpc) is 2.77. The predicted molar refractivity (Wildman–Crippen MR) is 125 cm³/mol. The molecule has 2 heterocycles. The largest absolute Gasteiger partial charge is 0.493 e. The summed E-state index contributed by atoms with van der Waals surface area (Å²) in [6.07, 6.45) is 0.720. The lowest BCUT2D eigenvalue weighted by Crippen LogP contribution is -2.28. The highest BCUT2D eigenvalue weighted by molar-refractivity contribution is 5.71. The number of aryl methyl sites for hydroxylation is 1. The summed E-state index contributed by atoms with van der Waals surface area (Å²) in [5, 5.41) is 0. The molecular weight excluding hydrogens is 404 g/mol. The maximum Gasteiger partial charge on any atom is 0.351 e. The Morgan fingerprint density at radius 1 is 0.938 bits per heavy atom. The zero-order valence-corrected chi connectivity index (χ0v) is 19.6. The number of nitrogens with zero attached hydrogens (tertiary/aromatic N) is 2. The molecule has 0 atom stereocenters. The van der Waals surface area contributed by atoms with E-state index in [1.807, 2.05) is 18.2 Å². The number of hydrogen-bond donors (Lipinski definition) is 0. The van der Waals surface area contributed by atoms with Gasteiger partial charge in [-0.15, -0.1) is 0 Å². The Morgan fingerprint density at radius 3 is 2.16 bits per heavy atom. The SMILES string of the molecule is COc1cc2c(cc1OC)-c1cc(Oc3c(C(C)C)cccc3C(C)C)nc(=O)n1CC2. The van der Waals surface area contributed by atoms with Crippen LogP contribution >= 0.6 is 0 Å². The number of methoxy groups -OCH3 is 2. The summed E-state index contributed by atoms with van der Waals surface area (Å²) in [5.41, 5.74) is 4.69. The van der Waals surface area contributed by atoms with Crippen LogP contribution in [0.1, 0.15) is 56.2 Å². The highest BCUT2D eigenvalue weighted by atomic mass is 16.5. The number of fused-ring (bicyclic) bond motifs is 3. The summed E-state index contributed by atoms with van der Waals surface area (Å²) in [7, 11) is 3.23. The molecule has 6 heteroatoms. The summed E-state index contributed by atoms with van der Waals surface area (Å²) in [4.78, 5) is 17.2. The van der Waals surface area contributed by atoms with E-state index in [4.69, 9.17) is 14.2 Å². The normalized spacial score (nSPS) is 12.5. The molecule has 1 aliphatic heterocycles. The molecule has 1 aliphatic rings. The van der Waals surface area contributed by atoms with Crippen LogP contribution in [0.15, 0.2) is 41.2 Å². The molecule has 4 rings (SSSR count). The molecule has 0 aliphatic carbocycles. The Balaban J connectivity index is 1.85. The van der Waals surface area contributed by atoms with Crippen molar-refractivity contribution in [3.63, 3.8) is 0 Å². The number of ether oxygens (including phenoxy) is 3. The molecular formula is C26H30N2O4. The van der Waals surface area contributed by atoms with Crippen molar-refractivity contribution >= 4 is 0 Å². The third-order valence-corrected chi connectivity index (χ3v) is 6.00. The van der Waals surface area contributed by atoms with Crippen molar-refractivity contribution in [3.05, 3.63) is 63.6 Å². The van der Waals surface area contributed by atoms with Gasteiger partial charge in [-0.25, -0.2) is 4.79 Å². The van der Waals surface area contributed by atoms with Crippen molar-refractivity contribution in [1.82, 2.24) is 9.55 Å². The van der Waals surface area contributed by atoms with Gasteiger partial charge in [-0.05, 0) is 47.1 Å². The Bertz CT molecular complexity index is 1180. The van der Waals surface area contributed by atoms with E-state index in [0.29, 0.717) is 23.9 Å². The Kier molecular flexibility index (Phi) is 5.96. The fourth-order valence-corrected chi connectivity index (χ4v) is 4.28. The molecule has 1 aromatic heterocycles. The summed E-state index contributed by atoms with van der Waals surface area (Å²) >= 11 is 0. The molecule has 0 bridgehead atoms. The van der Waals surface area contributed by atoms with Crippen LogP contribution in [0.4, 0.5) is 0 Å². The molecule has 6 nitrogen and oxygen atoms in total. The lowest BCUT2D eigenvalue weighted by atomic mass is 9.94. The molecule has 0 saturated carbocycles. The van der Waals surface area contributed by atoms with Gasteiger partial charge in [0.05, 0.1) is 19.9 Å². The minimum Gasteiger partial charge on any atom is -0.493 e. The molecule has 0 spiro atoms. The molecule has 3 aromatic rings. The lowest BCUT2D eigenvalue weighted by molar-refractivity contribution is 0.354. The number of hydrogen-bond acceptors (Lipinski definition) is 5. The maximum atomic E-state index is 12.9. The van der Waals surface area contributed by atoms with Crippen LogP contribution in [-0.2, 0) is 13.0 Å². The minimum absolute atomic E-state index is 0.278. The van der Waals surface area contributed by atoms with E-state index in [9.17, 15) is 4.79 Å². The number of para-hydroxylation sites is 1. The molecule has 0 saturated heterocycles. The fraction of sp³-hybridized carbons (Fsp3) is 0.385. The topological polar surface area (TPSA) is 62.6 Å². The number of benzene rings is 2. The zero-order chi connectivity index (χ0) is 23.0. The average molecular weight is 435 g/mol. The van der Waals surface area contributed by atoms with E-state index in [-0.39, 0.29) is 17.5 Å². The molecule has 0 N–H and O–H groups in total. The van der Waals surface area contributed by atoms with Crippen LogP contribution in [0, 0.1) is 0 Å². The van der Waals surface area contributed by atoms with Crippen molar-refractivity contribution in [3.8, 4) is 34.4 Å². The molecule has 0 unspecified atom stereocenters. The second-order valence-electron chi connectivity index (χ2n) is 8.71. The summed E-state index contributed by atoms with van der Waals surface area (Å²) in [6.45, 7) is 9.10. The zero-order valence-electron chi connectivity index (χ0n) is 19.6.